The molecule has 1 amide bonds. The van der Waals surface area contributed by atoms with Gasteiger partial charge in [0.1, 0.15) is 6.10 Å². The van der Waals surface area contributed by atoms with Crippen LogP contribution < -0.4 is 0 Å². The lowest BCUT2D eigenvalue weighted by Crippen LogP contribution is -2.41. The fourth-order valence-electron chi connectivity index (χ4n) is 2.43. The molecule has 2 aliphatic rings. The number of hydrogen-bond donors (Lipinski definition) is 1. The lowest BCUT2D eigenvalue weighted by atomic mass is 10.2. The zero-order chi connectivity index (χ0) is 13.0. The van der Waals surface area contributed by atoms with Crippen molar-refractivity contribution in [2.45, 2.75) is 25.4 Å². The largest absolute Gasteiger partial charge is 0.368 e. The lowest BCUT2D eigenvalue weighted by Gasteiger charge is -2.24. The molecule has 1 unspecified atom stereocenters. The first-order valence-electron chi connectivity index (χ1n) is 6.43. The molecule has 2 saturated heterocycles. The van der Waals surface area contributed by atoms with Gasteiger partial charge in [-0.1, -0.05) is 0 Å². The van der Waals surface area contributed by atoms with Crippen molar-refractivity contribution in [2.24, 2.45) is 4.99 Å². The highest BCUT2D eigenvalue weighted by atomic mass is 16.5. The van der Waals surface area contributed by atoms with Crippen molar-refractivity contribution in [1.82, 2.24) is 9.80 Å². The molecule has 1 atom stereocenters. The van der Waals surface area contributed by atoms with Crippen molar-refractivity contribution in [1.29, 1.82) is 5.41 Å². The zero-order valence-corrected chi connectivity index (χ0v) is 10.6. The van der Waals surface area contributed by atoms with Gasteiger partial charge in [0.05, 0.1) is 0 Å². The molecule has 6 heteroatoms. The Labute approximate surface area is 107 Å². The van der Waals surface area contributed by atoms with Gasteiger partial charge in [0.25, 0.3) is 5.91 Å². The molecule has 2 fully saturated rings. The first-order chi connectivity index (χ1) is 8.72. The van der Waals surface area contributed by atoms with Crippen molar-refractivity contribution in [3.63, 3.8) is 0 Å². The topological polar surface area (TPSA) is 69.0 Å². The van der Waals surface area contributed by atoms with Crippen molar-refractivity contribution < 1.29 is 9.53 Å². The Kier molecular flexibility index (Phi) is 4.30. The van der Waals surface area contributed by atoms with E-state index in [0.717, 1.165) is 32.4 Å². The molecular formula is C12H20N4O2. The lowest BCUT2D eigenvalue weighted by molar-refractivity contribution is -0.140. The second-order valence-electron chi connectivity index (χ2n) is 4.65. The Morgan fingerprint density at radius 3 is 2.61 bits per heavy atom. The maximum absolute atomic E-state index is 12.2. The number of aliphatic imine (C=N–C) groups is 1. The van der Waals surface area contributed by atoms with Gasteiger partial charge in [-0.15, -0.1) is 0 Å². The molecule has 100 valence electrons. The average molecular weight is 252 g/mol. The molecule has 2 aliphatic heterocycles. The van der Waals surface area contributed by atoms with Crippen LogP contribution in [0.25, 0.3) is 0 Å². The van der Waals surface area contributed by atoms with Crippen LogP contribution in [-0.4, -0.2) is 67.3 Å². The van der Waals surface area contributed by atoms with E-state index in [9.17, 15) is 4.79 Å². The van der Waals surface area contributed by atoms with E-state index in [1.54, 1.807) is 0 Å². The molecule has 0 aromatic carbocycles. The van der Waals surface area contributed by atoms with E-state index in [4.69, 9.17) is 10.1 Å². The summed E-state index contributed by atoms with van der Waals surface area (Å²) in [7, 11) is 0. The Morgan fingerprint density at radius 2 is 1.94 bits per heavy atom. The quantitative estimate of drug-likeness (QED) is 0.540. The fourth-order valence-corrected chi connectivity index (χ4v) is 2.43. The molecule has 2 rings (SSSR count). The van der Waals surface area contributed by atoms with E-state index >= 15 is 0 Å². The predicted molar refractivity (Wildman–Crippen MR) is 69.0 cm³/mol. The van der Waals surface area contributed by atoms with Crippen LogP contribution in [0.3, 0.4) is 0 Å². The maximum Gasteiger partial charge on any atom is 0.251 e. The molecule has 18 heavy (non-hydrogen) atoms. The molecule has 6 nitrogen and oxygen atoms in total. The highest BCUT2D eigenvalue weighted by Crippen LogP contribution is 2.16. The Hall–Kier alpha value is -1.43. The number of ether oxygens (including phenoxy) is 1. The third-order valence-electron chi connectivity index (χ3n) is 3.46. The second kappa shape index (κ2) is 5.95. The number of guanidine groups is 1. The molecule has 0 aromatic rings. The molecule has 1 N–H and O–H groups in total. The summed E-state index contributed by atoms with van der Waals surface area (Å²) in [6.07, 6.45) is 2.43. The molecule has 0 spiro atoms. The van der Waals surface area contributed by atoms with Crippen LogP contribution in [0.15, 0.2) is 4.99 Å². The summed E-state index contributed by atoms with van der Waals surface area (Å²) >= 11 is 0. The summed E-state index contributed by atoms with van der Waals surface area (Å²) in [6, 6.07) is 0. The van der Waals surface area contributed by atoms with Crippen LogP contribution in [-0.2, 0) is 9.53 Å². The first-order valence-corrected chi connectivity index (χ1v) is 6.43. The minimum Gasteiger partial charge on any atom is -0.368 e. The highest BCUT2D eigenvalue weighted by molar-refractivity contribution is 5.82. The predicted octanol–water partition coefficient (Wildman–Crippen LogP) is 0.335. The monoisotopic (exact) mass is 252 g/mol. The van der Waals surface area contributed by atoms with Gasteiger partial charge >= 0.3 is 0 Å². The Bertz CT molecular complexity index is 339. The van der Waals surface area contributed by atoms with Gasteiger partial charge in [-0.2, -0.15) is 0 Å². The molecule has 0 aromatic heterocycles. The van der Waals surface area contributed by atoms with E-state index in [1.165, 1.54) is 0 Å². The van der Waals surface area contributed by atoms with E-state index in [1.807, 2.05) is 9.80 Å². The normalized spacial score (nSPS) is 24.8. The van der Waals surface area contributed by atoms with Crippen molar-refractivity contribution in [3.05, 3.63) is 0 Å². The Morgan fingerprint density at radius 1 is 1.22 bits per heavy atom. The minimum atomic E-state index is -0.242. The minimum absolute atomic E-state index is 0.104. The van der Waals surface area contributed by atoms with Gasteiger partial charge in [-0.05, 0) is 26.0 Å². The number of rotatable bonds is 1. The van der Waals surface area contributed by atoms with Gasteiger partial charge in [-0.25, -0.2) is 4.99 Å². The summed E-state index contributed by atoms with van der Waals surface area (Å²) < 4.78 is 5.43. The number of hydrogen-bond acceptors (Lipinski definition) is 3. The van der Waals surface area contributed by atoms with Crippen LogP contribution in [0, 0.1) is 5.41 Å². The van der Waals surface area contributed by atoms with Crippen LogP contribution >= 0.6 is 0 Å². The van der Waals surface area contributed by atoms with Gasteiger partial charge in [0, 0.05) is 32.8 Å². The van der Waals surface area contributed by atoms with E-state index in [2.05, 4.69) is 11.7 Å². The highest BCUT2D eigenvalue weighted by Gasteiger charge is 2.29. The SMILES string of the molecule is C=NC(=N)N1CCCN(C(=O)C2CCCO2)CC1. The number of nitrogens with one attached hydrogen (secondary N) is 1. The van der Waals surface area contributed by atoms with Gasteiger partial charge < -0.3 is 14.5 Å². The number of carbonyl (C=O) groups is 1. The van der Waals surface area contributed by atoms with Crippen LogP contribution in [0.5, 0.6) is 0 Å². The summed E-state index contributed by atoms with van der Waals surface area (Å²) in [5.74, 6) is 0.300. The van der Waals surface area contributed by atoms with Gasteiger partial charge in [-0.3, -0.25) is 10.2 Å². The van der Waals surface area contributed by atoms with Crippen LogP contribution in [0.4, 0.5) is 0 Å². The smallest absolute Gasteiger partial charge is 0.251 e. The third-order valence-corrected chi connectivity index (χ3v) is 3.46. The zero-order valence-electron chi connectivity index (χ0n) is 10.6. The van der Waals surface area contributed by atoms with E-state index in [0.29, 0.717) is 19.7 Å². The van der Waals surface area contributed by atoms with E-state index < -0.39 is 0 Å². The van der Waals surface area contributed by atoms with Crippen LogP contribution in [0.2, 0.25) is 0 Å². The first kappa shape index (κ1) is 13.0. The molecule has 0 aliphatic carbocycles. The van der Waals surface area contributed by atoms with Crippen molar-refractivity contribution >= 4 is 18.6 Å². The van der Waals surface area contributed by atoms with Crippen LogP contribution in [0.1, 0.15) is 19.3 Å². The molecule has 0 saturated carbocycles. The van der Waals surface area contributed by atoms with Crippen molar-refractivity contribution in [2.75, 3.05) is 32.8 Å². The summed E-state index contributed by atoms with van der Waals surface area (Å²) in [6.45, 7) is 6.84. The van der Waals surface area contributed by atoms with E-state index in [-0.39, 0.29) is 18.0 Å². The van der Waals surface area contributed by atoms with Crippen molar-refractivity contribution in [3.8, 4) is 0 Å². The van der Waals surface area contributed by atoms with Gasteiger partial charge in [0.15, 0.2) is 0 Å². The number of amides is 1. The summed E-state index contributed by atoms with van der Waals surface area (Å²) in [4.78, 5) is 19.5. The molecule has 0 radical (unpaired) electrons. The van der Waals surface area contributed by atoms with Gasteiger partial charge in [0.2, 0.25) is 5.96 Å². The molecular weight excluding hydrogens is 232 g/mol. The fraction of sp³-hybridized carbons (Fsp3) is 0.750. The third kappa shape index (κ3) is 2.87. The standard InChI is InChI=1S/C12H20N4O2/c1-14-12(13)16-6-3-5-15(7-8-16)11(17)10-4-2-9-18-10/h10,13H,1-9H2. The average Bonchev–Trinajstić information content (AvgIpc) is 2.81. The number of carbonyl (C=O) groups excluding carboxylic acids is 1. The molecule has 0 bridgehead atoms. The number of nitrogens with zero attached hydrogens (tertiary/aromatic N) is 3. The second-order valence-corrected chi connectivity index (χ2v) is 4.65. The maximum atomic E-state index is 12.2. The Balaban J connectivity index is 1.90. The summed E-state index contributed by atoms with van der Waals surface area (Å²) in [5, 5.41) is 7.64. The molecule has 2 heterocycles. The summed E-state index contributed by atoms with van der Waals surface area (Å²) in [5.41, 5.74) is 0.